The average molecular weight is 268 g/mol. The van der Waals surface area contributed by atoms with Gasteiger partial charge in [0.25, 0.3) is 0 Å². The Hall–Kier alpha value is -0.600. The Morgan fingerprint density at radius 2 is 2.17 bits per heavy atom. The van der Waals surface area contributed by atoms with Crippen molar-refractivity contribution in [3.05, 3.63) is 34.6 Å². The van der Waals surface area contributed by atoms with E-state index < -0.39 is 0 Å². The molecule has 1 aromatic carbocycles. The molecule has 0 aromatic heterocycles. The number of nitrogens with one attached hydrogen (secondary N) is 1. The molecule has 0 radical (unpaired) electrons. The van der Waals surface area contributed by atoms with Gasteiger partial charge in [-0.05, 0) is 61.8 Å². The van der Waals surface area contributed by atoms with Gasteiger partial charge in [-0.1, -0.05) is 24.1 Å². The maximum atomic E-state index is 13.2. The Morgan fingerprint density at radius 3 is 2.72 bits per heavy atom. The lowest BCUT2D eigenvalue weighted by molar-refractivity contribution is 0.259. The van der Waals surface area contributed by atoms with Crippen molar-refractivity contribution in [3.8, 4) is 0 Å². The second-order valence-corrected chi connectivity index (χ2v) is 6.19. The topological polar surface area (TPSA) is 12.0 Å². The molecule has 0 spiro atoms. The maximum absolute atomic E-state index is 13.2. The Balaban J connectivity index is 1.85. The van der Waals surface area contributed by atoms with Gasteiger partial charge >= 0.3 is 0 Å². The first-order chi connectivity index (χ1) is 8.69. The minimum atomic E-state index is -0.330. The molecule has 98 valence electrons. The van der Waals surface area contributed by atoms with Crippen LogP contribution in [0.2, 0.25) is 5.02 Å². The van der Waals surface area contributed by atoms with Crippen LogP contribution in [0.3, 0.4) is 0 Å². The van der Waals surface area contributed by atoms with Gasteiger partial charge in [0, 0.05) is 6.04 Å². The molecule has 3 heteroatoms. The van der Waals surface area contributed by atoms with Crippen molar-refractivity contribution < 1.29 is 4.39 Å². The summed E-state index contributed by atoms with van der Waals surface area (Å²) < 4.78 is 13.2. The molecule has 0 aliphatic heterocycles. The largest absolute Gasteiger partial charge is 0.313 e. The van der Waals surface area contributed by atoms with Crippen LogP contribution in [0.1, 0.15) is 37.3 Å². The number of hydrogen-bond acceptors (Lipinski definition) is 1. The predicted octanol–water partition coefficient (Wildman–Crippen LogP) is 4.18. The Kier molecular flexibility index (Phi) is 3.33. The molecule has 2 bridgehead atoms. The maximum Gasteiger partial charge on any atom is 0.141 e. The van der Waals surface area contributed by atoms with Crippen LogP contribution in [0.15, 0.2) is 18.2 Å². The zero-order valence-electron chi connectivity index (χ0n) is 10.6. The highest BCUT2D eigenvalue weighted by Crippen LogP contribution is 2.52. The fourth-order valence-corrected chi connectivity index (χ4v) is 4.22. The lowest BCUT2D eigenvalue weighted by atomic mass is 9.80. The van der Waals surface area contributed by atoms with Gasteiger partial charge in [-0.3, -0.25) is 0 Å². The highest BCUT2D eigenvalue weighted by atomic mass is 35.5. The minimum absolute atomic E-state index is 0.232. The van der Waals surface area contributed by atoms with E-state index >= 15 is 0 Å². The third-order valence-electron chi connectivity index (χ3n) is 4.83. The van der Waals surface area contributed by atoms with Crippen molar-refractivity contribution in [3.63, 3.8) is 0 Å². The fourth-order valence-electron chi connectivity index (χ4n) is 4.04. The summed E-state index contributed by atoms with van der Waals surface area (Å²) in [7, 11) is 1.99. The summed E-state index contributed by atoms with van der Waals surface area (Å²) in [4.78, 5) is 0. The molecule has 1 N–H and O–H groups in total. The Labute approximate surface area is 113 Å². The molecule has 3 rings (SSSR count). The lowest BCUT2D eigenvalue weighted by Gasteiger charge is -2.30. The summed E-state index contributed by atoms with van der Waals surface area (Å²) in [5.41, 5.74) is 1.13. The molecule has 1 aromatic rings. The summed E-state index contributed by atoms with van der Waals surface area (Å²) >= 11 is 5.90. The van der Waals surface area contributed by atoms with E-state index in [1.807, 2.05) is 13.1 Å². The van der Waals surface area contributed by atoms with E-state index in [0.717, 1.165) is 17.4 Å². The minimum Gasteiger partial charge on any atom is -0.313 e. The van der Waals surface area contributed by atoms with Crippen molar-refractivity contribution >= 4 is 11.6 Å². The molecule has 0 amide bonds. The van der Waals surface area contributed by atoms with Crippen molar-refractivity contribution in [1.82, 2.24) is 5.32 Å². The first-order valence-corrected chi connectivity index (χ1v) is 7.19. The van der Waals surface area contributed by atoms with Crippen LogP contribution in [0, 0.1) is 23.6 Å². The molecule has 2 fully saturated rings. The van der Waals surface area contributed by atoms with Crippen LogP contribution < -0.4 is 5.32 Å². The molecular weight excluding hydrogens is 249 g/mol. The molecular formula is C15H19ClFN. The van der Waals surface area contributed by atoms with Crippen molar-refractivity contribution in [1.29, 1.82) is 0 Å². The van der Waals surface area contributed by atoms with Crippen molar-refractivity contribution in [2.24, 2.45) is 17.8 Å². The normalized spacial score (nSPS) is 31.8. The van der Waals surface area contributed by atoms with Crippen LogP contribution in [0.4, 0.5) is 4.39 Å². The highest BCUT2D eigenvalue weighted by Gasteiger charge is 2.43. The third-order valence-corrected chi connectivity index (χ3v) is 5.12. The molecule has 2 saturated carbocycles. The molecule has 0 heterocycles. The van der Waals surface area contributed by atoms with Gasteiger partial charge in [0.15, 0.2) is 0 Å². The molecule has 4 atom stereocenters. The molecule has 0 saturated heterocycles. The number of benzene rings is 1. The summed E-state index contributed by atoms with van der Waals surface area (Å²) in [5.74, 6) is 2.13. The van der Waals surface area contributed by atoms with Crippen LogP contribution >= 0.6 is 11.6 Å². The number of rotatable bonds is 3. The van der Waals surface area contributed by atoms with E-state index in [1.54, 1.807) is 6.07 Å². The monoisotopic (exact) mass is 267 g/mol. The summed E-state index contributed by atoms with van der Waals surface area (Å²) in [6.07, 6.45) is 5.47. The fraction of sp³-hybridized carbons (Fsp3) is 0.600. The smallest absolute Gasteiger partial charge is 0.141 e. The quantitative estimate of drug-likeness (QED) is 0.866. The standard InChI is InChI=1S/C15H19ClFN/c1-18-15(11-4-5-14(17)13(16)8-11)12-7-9-2-3-10(12)6-9/h4-5,8-10,12,15,18H,2-3,6-7H2,1H3. The third kappa shape index (κ3) is 2.06. The zero-order chi connectivity index (χ0) is 12.7. The highest BCUT2D eigenvalue weighted by molar-refractivity contribution is 6.30. The van der Waals surface area contributed by atoms with Crippen LogP contribution in [-0.2, 0) is 0 Å². The van der Waals surface area contributed by atoms with E-state index in [0.29, 0.717) is 12.0 Å². The first kappa shape index (κ1) is 12.4. The van der Waals surface area contributed by atoms with Crippen LogP contribution in [0.5, 0.6) is 0 Å². The Morgan fingerprint density at radius 1 is 1.33 bits per heavy atom. The predicted molar refractivity (Wildman–Crippen MR) is 72.1 cm³/mol. The summed E-state index contributed by atoms with van der Waals surface area (Å²) in [5, 5.41) is 3.64. The van der Waals surface area contributed by atoms with Crippen LogP contribution in [0.25, 0.3) is 0 Å². The summed E-state index contributed by atoms with van der Waals surface area (Å²) in [6, 6.07) is 5.45. The van der Waals surface area contributed by atoms with Gasteiger partial charge in [-0.2, -0.15) is 0 Å². The second-order valence-electron chi connectivity index (χ2n) is 5.78. The van der Waals surface area contributed by atoms with Crippen molar-refractivity contribution in [2.45, 2.75) is 31.7 Å². The molecule has 2 aliphatic carbocycles. The second kappa shape index (κ2) is 4.82. The van der Waals surface area contributed by atoms with E-state index in [-0.39, 0.29) is 10.8 Å². The van der Waals surface area contributed by atoms with E-state index in [2.05, 4.69) is 5.32 Å². The lowest BCUT2D eigenvalue weighted by Crippen LogP contribution is -2.29. The molecule has 4 unspecified atom stereocenters. The van der Waals surface area contributed by atoms with Gasteiger partial charge in [-0.25, -0.2) is 4.39 Å². The molecule has 18 heavy (non-hydrogen) atoms. The van der Waals surface area contributed by atoms with Gasteiger partial charge in [0.1, 0.15) is 5.82 Å². The number of hydrogen-bond donors (Lipinski definition) is 1. The summed E-state index contributed by atoms with van der Waals surface area (Å²) in [6.45, 7) is 0. The zero-order valence-corrected chi connectivity index (χ0v) is 11.4. The molecule has 2 aliphatic rings. The van der Waals surface area contributed by atoms with Gasteiger partial charge in [0.2, 0.25) is 0 Å². The Bertz CT molecular complexity index is 448. The SMILES string of the molecule is CNC(c1ccc(F)c(Cl)c1)C1CC2CCC1C2. The van der Waals surface area contributed by atoms with Gasteiger partial charge < -0.3 is 5.32 Å². The van der Waals surface area contributed by atoms with Crippen LogP contribution in [-0.4, -0.2) is 7.05 Å². The van der Waals surface area contributed by atoms with Gasteiger partial charge in [-0.15, -0.1) is 0 Å². The number of fused-ring (bicyclic) bond motifs is 2. The van der Waals surface area contributed by atoms with E-state index in [9.17, 15) is 4.39 Å². The van der Waals surface area contributed by atoms with Gasteiger partial charge in [0.05, 0.1) is 5.02 Å². The van der Waals surface area contributed by atoms with Crippen molar-refractivity contribution in [2.75, 3.05) is 7.05 Å². The average Bonchev–Trinajstić information content (AvgIpc) is 2.97. The van der Waals surface area contributed by atoms with E-state index in [1.165, 1.54) is 31.7 Å². The van der Waals surface area contributed by atoms with E-state index in [4.69, 9.17) is 11.6 Å². The number of halogens is 2. The first-order valence-electron chi connectivity index (χ1n) is 6.81. The molecule has 1 nitrogen and oxygen atoms in total.